The number of carboxylic acids is 1. The topological polar surface area (TPSA) is 55.1 Å². The summed E-state index contributed by atoms with van der Waals surface area (Å²) in [6, 6.07) is 8.62. The first-order valence-electron chi connectivity index (χ1n) is 4.61. The van der Waals surface area contributed by atoms with Gasteiger partial charge < -0.3 is 5.11 Å². The van der Waals surface area contributed by atoms with Crippen LogP contribution in [0.15, 0.2) is 30.3 Å². The van der Waals surface area contributed by atoms with E-state index in [9.17, 15) is 4.79 Å². The Balaban J connectivity index is 2.45. The number of aromatic carboxylic acids is 1. The summed E-state index contributed by atoms with van der Waals surface area (Å²) in [5.41, 5.74) is 1.62. The Morgan fingerprint density at radius 2 is 2.00 bits per heavy atom. The predicted molar refractivity (Wildman–Crippen MR) is 60.6 cm³/mol. The monoisotopic (exact) mass is 236 g/mol. The van der Waals surface area contributed by atoms with Crippen molar-refractivity contribution >= 4 is 17.6 Å². The highest BCUT2D eigenvalue weighted by molar-refractivity contribution is 6.30. The Labute approximate surface area is 97.1 Å². The van der Waals surface area contributed by atoms with Gasteiger partial charge in [0.15, 0.2) is 0 Å². The molecule has 0 atom stereocenters. The second-order valence-corrected chi connectivity index (χ2v) is 3.79. The zero-order valence-corrected chi connectivity index (χ0v) is 9.27. The Hall–Kier alpha value is -1.81. The van der Waals surface area contributed by atoms with Gasteiger partial charge >= 0.3 is 5.97 Å². The number of benzene rings is 1. The molecule has 0 radical (unpaired) electrons. The van der Waals surface area contributed by atoms with Gasteiger partial charge in [0.1, 0.15) is 5.69 Å². The van der Waals surface area contributed by atoms with Crippen LogP contribution in [0.2, 0.25) is 5.02 Å². The SMILES string of the molecule is Cn1nc(-c2ccc(Cl)cc2)cc1C(=O)O. The molecule has 4 nitrogen and oxygen atoms in total. The van der Waals surface area contributed by atoms with Gasteiger partial charge in [-0.2, -0.15) is 5.10 Å². The van der Waals surface area contributed by atoms with E-state index in [1.54, 1.807) is 31.3 Å². The van der Waals surface area contributed by atoms with Crippen molar-refractivity contribution in [2.75, 3.05) is 0 Å². The summed E-state index contributed by atoms with van der Waals surface area (Å²) in [7, 11) is 1.60. The largest absolute Gasteiger partial charge is 0.477 e. The van der Waals surface area contributed by atoms with Crippen LogP contribution in [0.4, 0.5) is 0 Å². The van der Waals surface area contributed by atoms with Gasteiger partial charge in [-0.15, -0.1) is 0 Å². The molecule has 0 saturated heterocycles. The Kier molecular flexibility index (Phi) is 2.66. The van der Waals surface area contributed by atoms with Crippen molar-refractivity contribution in [3.05, 3.63) is 41.0 Å². The van der Waals surface area contributed by atoms with E-state index < -0.39 is 5.97 Å². The average Bonchev–Trinajstić information content (AvgIpc) is 2.61. The third-order valence-electron chi connectivity index (χ3n) is 2.24. The second-order valence-electron chi connectivity index (χ2n) is 3.35. The fraction of sp³-hybridized carbons (Fsp3) is 0.0909. The van der Waals surface area contributed by atoms with Gasteiger partial charge in [0, 0.05) is 17.6 Å². The summed E-state index contributed by atoms with van der Waals surface area (Å²) in [6.07, 6.45) is 0. The molecule has 2 aromatic rings. The zero-order chi connectivity index (χ0) is 11.7. The van der Waals surface area contributed by atoms with E-state index in [0.29, 0.717) is 10.7 Å². The maximum absolute atomic E-state index is 10.8. The quantitative estimate of drug-likeness (QED) is 0.871. The van der Waals surface area contributed by atoms with Crippen LogP contribution >= 0.6 is 11.6 Å². The van der Waals surface area contributed by atoms with E-state index in [4.69, 9.17) is 16.7 Å². The molecular weight excluding hydrogens is 228 g/mol. The first-order chi connectivity index (χ1) is 7.58. The van der Waals surface area contributed by atoms with Crippen molar-refractivity contribution in [3.8, 4) is 11.3 Å². The number of hydrogen-bond donors (Lipinski definition) is 1. The molecular formula is C11H9ClN2O2. The van der Waals surface area contributed by atoms with Gasteiger partial charge in [0.25, 0.3) is 0 Å². The molecule has 0 aliphatic carbocycles. The minimum atomic E-state index is -0.991. The third-order valence-corrected chi connectivity index (χ3v) is 2.49. The van der Waals surface area contributed by atoms with Gasteiger partial charge in [-0.05, 0) is 18.2 Å². The van der Waals surface area contributed by atoms with Crippen LogP contribution in [0.5, 0.6) is 0 Å². The lowest BCUT2D eigenvalue weighted by atomic mass is 10.1. The van der Waals surface area contributed by atoms with Gasteiger partial charge in [-0.25, -0.2) is 4.79 Å². The van der Waals surface area contributed by atoms with Crippen molar-refractivity contribution in [2.24, 2.45) is 7.05 Å². The number of carbonyl (C=O) groups is 1. The van der Waals surface area contributed by atoms with Crippen LogP contribution in [-0.4, -0.2) is 20.9 Å². The Morgan fingerprint density at radius 3 is 2.50 bits per heavy atom. The van der Waals surface area contributed by atoms with Gasteiger partial charge in [0.05, 0.1) is 5.69 Å². The van der Waals surface area contributed by atoms with Crippen LogP contribution in [0.1, 0.15) is 10.5 Å². The lowest BCUT2D eigenvalue weighted by Crippen LogP contribution is -2.04. The number of aromatic nitrogens is 2. The highest BCUT2D eigenvalue weighted by atomic mass is 35.5. The van der Waals surface area contributed by atoms with Gasteiger partial charge in [0.2, 0.25) is 0 Å². The van der Waals surface area contributed by atoms with E-state index in [0.717, 1.165) is 5.56 Å². The van der Waals surface area contributed by atoms with Crippen molar-refractivity contribution in [2.45, 2.75) is 0 Å². The molecule has 0 saturated carbocycles. The molecule has 1 aromatic heterocycles. The lowest BCUT2D eigenvalue weighted by Gasteiger charge is -1.95. The molecule has 1 heterocycles. The molecule has 1 N–H and O–H groups in total. The molecule has 2 rings (SSSR count). The molecule has 82 valence electrons. The van der Waals surface area contributed by atoms with E-state index >= 15 is 0 Å². The van der Waals surface area contributed by atoms with Crippen LogP contribution in [0.3, 0.4) is 0 Å². The average molecular weight is 237 g/mol. The van der Waals surface area contributed by atoms with Crippen molar-refractivity contribution < 1.29 is 9.90 Å². The minimum Gasteiger partial charge on any atom is -0.477 e. The fourth-order valence-corrected chi connectivity index (χ4v) is 1.56. The van der Waals surface area contributed by atoms with E-state index in [2.05, 4.69) is 5.10 Å². The molecule has 16 heavy (non-hydrogen) atoms. The van der Waals surface area contributed by atoms with Crippen LogP contribution in [-0.2, 0) is 7.05 Å². The highest BCUT2D eigenvalue weighted by Gasteiger charge is 2.12. The summed E-state index contributed by atoms with van der Waals surface area (Å²) in [5.74, 6) is -0.991. The number of rotatable bonds is 2. The fourth-order valence-electron chi connectivity index (χ4n) is 1.43. The van der Waals surface area contributed by atoms with Crippen LogP contribution in [0.25, 0.3) is 11.3 Å². The normalized spacial score (nSPS) is 10.4. The molecule has 0 fully saturated rings. The molecule has 0 unspecified atom stereocenters. The third kappa shape index (κ3) is 1.92. The van der Waals surface area contributed by atoms with E-state index in [1.807, 2.05) is 0 Å². The summed E-state index contributed by atoms with van der Waals surface area (Å²) < 4.78 is 1.34. The predicted octanol–water partition coefficient (Wildman–Crippen LogP) is 2.44. The Bertz CT molecular complexity index is 531. The standard InChI is InChI=1S/C11H9ClN2O2/c1-14-10(11(15)16)6-9(13-14)7-2-4-8(12)5-3-7/h2-6H,1H3,(H,15,16). The molecule has 0 aliphatic rings. The van der Waals surface area contributed by atoms with Gasteiger partial charge in [-0.3, -0.25) is 4.68 Å². The maximum Gasteiger partial charge on any atom is 0.354 e. The summed E-state index contributed by atoms with van der Waals surface area (Å²) in [5, 5.41) is 13.6. The summed E-state index contributed by atoms with van der Waals surface area (Å²) in [4.78, 5) is 10.8. The number of aryl methyl sites for hydroxylation is 1. The molecule has 0 spiro atoms. The second kappa shape index (κ2) is 3.98. The van der Waals surface area contributed by atoms with E-state index in [-0.39, 0.29) is 5.69 Å². The van der Waals surface area contributed by atoms with Crippen LogP contribution in [0, 0.1) is 0 Å². The zero-order valence-electron chi connectivity index (χ0n) is 8.51. The molecule has 0 amide bonds. The number of nitrogens with zero attached hydrogens (tertiary/aromatic N) is 2. The summed E-state index contributed by atoms with van der Waals surface area (Å²) >= 11 is 5.77. The summed E-state index contributed by atoms with van der Waals surface area (Å²) in [6.45, 7) is 0. The number of hydrogen-bond acceptors (Lipinski definition) is 2. The van der Waals surface area contributed by atoms with E-state index in [1.165, 1.54) is 10.7 Å². The number of carboxylic acid groups (broad SMARTS) is 1. The lowest BCUT2D eigenvalue weighted by molar-refractivity contribution is 0.0685. The van der Waals surface area contributed by atoms with Gasteiger partial charge in [-0.1, -0.05) is 23.7 Å². The number of halogens is 1. The molecule has 0 bridgehead atoms. The molecule has 1 aromatic carbocycles. The molecule has 5 heteroatoms. The van der Waals surface area contributed by atoms with Crippen molar-refractivity contribution in [1.82, 2.24) is 9.78 Å². The van der Waals surface area contributed by atoms with Crippen molar-refractivity contribution in [3.63, 3.8) is 0 Å². The smallest absolute Gasteiger partial charge is 0.354 e. The maximum atomic E-state index is 10.8. The first kappa shape index (κ1) is 10.7. The molecule has 0 aliphatic heterocycles. The minimum absolute atomic E-state index is 0.157. The highest BCUT2D eigenvalue weighted by Crippen LogP contribution is 2.20. The van der Waals surface area contributed by atoms with Crippen molar-refractivity contribution in [1.29, 1.82) is 0 Å². The Morgan fingerprint density at radius 1 is 1.38 bits per heavy atom. The van der Waals surface area contributed by atoms with Crippen LogP contribution < -0.4 is 0 Å². The first-order valence-corrected chi connectivity index (χ1v) is 4.99.